The molecule has 122 valence electrons. The average Bonchev–Trinajstić information content (AvgIpc) is 2.55. The first-order valence-electron chi connectivity index (χ1n) is 7.05. The van der Waals surface area contributed by atoms with Gasteiger partial charge >= 0.3 is 0 Å². The van der Waals surface area contributed by atoms with Crippen molar-refractivity contribution in [3.63, 3.8) is 0 Å². The predicted octanol–water partition coefficient (Wildman–Crippen LogP) is 3.89. The normalized spacial score (nSPS) is 11.4. The molecular weight excluding hydrogens is 348 g/mol. The van der Waals surface area contributed by atoms with Crippen molar-refractivity contribution in [3.05, 3.63) is 65.3 Å². The monoisotopic (exact) mass is 360 g/mol. The number of hydrogen-bond donors (Lipinski definition) is 1. The smallest absolute Gasteiger partial charge is 0.262 e. The van der Waals surface area contributed by atoms with Gasteiger partial charge in [-0.25, -0.2) is 8.42 Å². The van der Waals surface area contributed by atoms with Gasteiger partial charge in [0.1, 0.15) is 0 Å². The lowest BCUT2D eigenvalue weighted by molar-refractivity contribution is 0.101. The average molecular weight is 361 g/mol. The van der Waals surface area contributed by atoms with Gasteiger partial charge in [0.2, 0.25) is 0 Å². The van der Waals surface area contributed by atoms with Gasteiger partial charge in [0.05, 0.1) is 15.4 Å². The second-order valence-corrected chi connectivity index (χ2v) is 7.24. The van der Waals surface area contributed by atoms with Crippen LogP contribution >= 0.6 is 11.6 Å². The van der Waals surface area contributed by atoms with Gasteiger partial charge in [-0.05, 0) is 55.5 Å². The Morgan fingerprint density at radius 2 is 1.79 bits per heavy atom. The van der Waals surface area contributed by atoms with Gasteiger partial charge in [-0.1, -0.05) is 11.6 Å². The van der Waals surface area contributed by atoms with Crippen LogP contribution in [0.15, 0.2) is 59.6 Å². The fourth-order valence-electron chi connectivity index (χ4n) is 2.33. The molecule has 0 unspecified atom stereocenters. The summed E-state index contributed by atoms with van der Waals surface area (Å²) in [6.45, 7) is 1.45. The molecule has 0 saturated heterocycles. The second-order valence-electron chi connectivity index (χ2n) is 5.18. The first-order valence-corrected chi connectivity index (χ1v) is 8.92. The molecule has 0 fully saturated rings. The third-order valence-corrected chi connectivity index (χ3v) is 5.26. The van der Waals surface area contributed by atoms with Crippen molar-refractivity contribution in [2.24, 2.45) is 0 Å². The second kappa shape index (κ2) is 6.22. The summed E-state index contributed by atoms with van der Waals surface area (Å²) in [5, 5.41) is 0.827. The number of fused-ring (bicyclic) bond motifs is 1. The van der Waals surface area contributed by atoms with Gasteiger partial charge in [0.15, 0.2) is 5.78 Å². The van der Waals surface area contributed by atoms with Crippen molar-refractivity contribution in [1.29, 1.82) is 0 Å². The highest BCUT2D eigenvalue weighted by Gasteiger charge is 2.19. The topological polar surface area (TPSA) is 76.1 Å². The molecule has 7 heteroatoms. The first kappa shape index (κ1) is 16.4. The Hall–Kier alpha value is -2.44. The van der Waals surface area contributed by atoms with E-state index in [1.54, 1.807) is 42.6 Å². The van der Waals surface area contributed by atoms with E-state index < -0.39 is 10.0 Å². The Labute approximate surface area is 144 Å². The molecule has 0 amide bonds. The van der Waals surface area contributed by atoms with E-state index in [2.05, 4.69) is 9.71 Å². The molecule has 1 N–H and O–H groups in total. The molecule has 5 nitrogen and oxygen atoms in total. The third-order valence-electron chi connectivity index (χ3n) is 3.51. The van der Waals surface area contributed by atoms with Crippen LogP contribution < -0.4 is 4.72 Å². The van der Waals surface area contributed by atoms with Crippen molar-refractivity contribution in [3.8, 4) is 0 Å². The van der Waals surface area contributed by atoms with Crippen LogP contribution in [-0.4, -0.2) is 19.2 Å². The molecule has 0 saturated carbocycles. The maximum absolute atomic E-state index is 12.7. The number of Topliss-reactive ketones (excluding diaryl/α,β-unsaturated/α-hetero) is 1. The molecule has 3 aromatic rings. The summed E-state index contributed by atoms with van der Waals surface area (Å²) < 4.78 is 27.9. The number of nitrogens with one attached hydrogen (secondary N) is 1. The number of halogens is 1. The lowest BCUT2D eigenvalue weighted by Crippen LogP contribution is -2.13. The summed E-state index contributed by atoms with van der Waals surface area (Å²) in [5.41, 5.74) is 1.31. The summed E-state index contributed by atoms with van der Waals surface area (Å²) in [6, 6.07) is 12.5. The van der Waals surface area contributed by atoms with Crippen LogP contribution in [0.4, 0.5) is 5.69 Å². The Morgan fingerprint density at radius 1 is 1.08 bits per heavy atom. The molecule has 3 rings (SSSR count). The van der Waals surface area contributed by atoms with Crippen molar-refractivity contribution in [2.45, 2.75) is 11.8 Å². The van der Waals surface area contributed by atoms with E-state index in [4.69, 9.17) is 11.6 Å². The highest BCUT2D eigenvalue weighted by molar-refractivity contribution is 7.93. The predicted molar refractivity (Wildman–Crippen MR) is 94.0 cm³/mol. The molecule has 2 aromatic carbocycles. The number of carbonyl (C=O) groups excluding carboxylic acids is 1. The van der Waals surface area contributed by atoms with E-state index in [9.17, 15) is 13.2 Å². The number of sulfonamides is 1. The molecule has 1 aromatic heterocycles. The quantitative estimate of drug-likeness (QED) is 0.716. The molecule has 24 heavy (non-hydrogen) atoms. The molecule has 0 spiro atoms. The summed E-state index contributed by atoms with van der Waals surface area (Å²) in [5.74, 6) is -0.0841. The van der Waals surface area contributed by atoms with Gasteiger partial charge < -0.3 is 0 Å². The summed E-state index contributed by atoms with van der Waals surface area (Å²) in [6.07, 6.45) is 1.55. The van der Waals surface area contributed by atoms with Gasteiger partial charge in [-0.2, -0.15) is 0 Å². The van der Waals surface area contributed by atoms with E-state index in [0.29, 0.717) is 27.2 Å². The van der Waals surface area contributed by atoms with Crippen LogP contribution in [0, 0.1) is 0 Å². The minimum Gasteiger partial charge on any atom is -0.295 e. The Kier molecular flexibility index (Phi) is 4.26. The molecule has 0 aliphatic carbocycles. The Balaban J connectivity index is 2.02. The number of rotatable bonds is 4. The van der Waals surface area contributed by atoms with Crippen LogP contribution in [0.25, 0.3) is 10.9 Å². The highest BCUT2D eigenvalue weighted by atomic mass is 35.5. The zero-order valence-corrected chi connectivity index (χ0v) is 14.2. The molecule has 1 heterocycles. The molecule has 0 aliphatic heterocycles. The summed E-state index contributed by atoms with van der Waals surface area (Å²) in [7, 11) is -3.82. The zero-order valence-electron chi connectivity index (χ0n) is 12.7. The Morgan fingerprint density at radius 3 is 2.46 bits per heavy atom. The van der Waals surface area contributed by atoms with E-state index in [-0.39, 0.29) is 10.7 Å². The van der Waals surface area contributed by atoms with Gasteiger partial charge in [-0.3, -0.25) is 14.5 Å². The van der Waals surface area contributed by atoms with Crippen molar-refractivity contribution in [1.82, 2.24) is 4.98 Å². The van der Waals surface area contributed by atoms with E-state index in [1.165, 1.54) is 19.1 Å². The SMILES string of the molecule is CC(=O)c1ccc(NS(=O)(=O)c2ccc(Cl)c3ncccc23)cc1. The van der Waals surface area contributed by atoms with Crippen LogP contribution in [0.3, 0.4) is 0 Å². The summed E-state index contributed by atoms with van der Waals surface area (Å²) >= 11 is 6.08. The van der Waals surface area contributed by atoms with Crippen LogP contribution in [-0.2, 0) is 10.0 Å². The molecular formula is C17H13ClN2O3S. The molecule has 0 aliphatic rings. The molecule has 0 atom stereocenters. The largest absolute Gasteiger partial charge is 0.295 e. The summed E-state index contributed by atoms with van der Waals surface area (Å²) in [4.78, 5) is 15.5. The lowest BCUT2D eigenvalue weighted by atomic mass is 10.1. The Bertz CT molecular complexity index is 1030. The molecule has 0 bridgehead atoms. The number of carbonyl (C=O) groups is 1. The maximum atomic E-state index is 12.7. The fraction of sp³-hybridized carbons (Fsp3) is 0.0588. The van der Waals surface area contributed by atoms with Crippen molar-refractivity contribution >= 4 is 44.0 Å². The van der Waals surface area contributed by atoms with Crippen LogP contribution in [0.5, 0.6) is 0 Å². The number of ketones is 1. The maximum Gasteiger partial charge on any atom is 0.262 e. The number of aromatic nitrogens is 1. The minimum atomic E-state index is -3.82. The van der Waals surface area contributed by atoms with E-state index in [0.717, 1.165) is 0 Å². The number of benzene rings is 2. The number of pyridine rings is 1. The number of nitrogens with zero attached hydrogens (tertiary/aromatic N) is 1. The van der Waals surface area contributed by atoms with E-state index in [1.807, 2.05) is 0 Å². The van der Waals surface area contributed by atoms with Crippen LogP contribution in [0.2, 0.25) is 5.02 Å². The van der Waals surface area contributed by atoms with Gasteiger partial charge in [0, 0.05) is 22.8 Å². The first-order chi connectivity index (χ1) is 11.4. The van der Waals surface area contributed by atoms with Crippen molar-refractivity contribution in [2.75, 3.05) is 4.72 Å². The standard InChI is InChI=1S/C17H13ClN2O3S/c1-11(21)12-4-6-13(7-5-12)20-24(22,23)16-9-8-15(18)17-14(16)3-2-10-19-17/h2-10,20H,1H3. The number of anilines is 1. The highest BCUT2D eigenvalue weighted by Crippen LogP contribution is 2.28. The van der Waals surface area contributed by atoms with E-state index >= 15 is 0 Å². The third kappa shape index (κ3) is 3.11. The number of hydrogen-bond acceptors (Lipinski definition) is 4. The lowest BCUT2D eigenvalue weighted by Gasteiger charge is -2.11. The van der Waals surface area contributed by atoms with Gasteiger partial charge in [0.25, 0.3) is 10.0 Å². The zero-order chi connectivity index (χ0) is 17.3. The van der Waals surface area contributed by atoms with Crippen LogP contribution in [0.1, 0.15) is 17.3 Å². The minimum absolute atomic E-state index is 0.0841. The van der Waals surface area contributed by atoms with Gasteiger partial charge in [-0.15, -0.1) is 0 Å². The fourth-order valence-corrected chi connectivity index (χ4v) is 3.80. The van der Waals surface area contributed by atoms with Crippen molar-refractivity contribution < 1.29 is 13.2 Å². The molecule has 0 radical (unpaired) electrons.